The number of aryl methyl sites for hydroxylation is 1. The van der Waals surface area contributed by atoms with Gasteiger partial charge >= 0.3 is 0 Å². The first-order valence-electron chi connectivity index (χ1n) is 11.4. The van der Waals surface area contributed by atoms with Crippen molar-refractivity contribution in [1.82, 2.24) is 19.9 Å². The van der Waals surface area contributed by atoms with E-state index >= 15 is 0 Å². The topological polar surface area (TPSA) is 92.2 Å². The molecule has 1 aliphatic rings. The van der Waals surface area contributed by atoms with Crippen molar-refractivity contribution >= 4 is 38.7 Å². The molecule has 3 aromatic heterocycles. The average Bonchev–Trinajstić information content (AvgIpc) is 3.35. The molecule has 1 aromatic carbocycles. The van der Waals surface area contributed by atoms with Crippen LogP contribution in [0.25, 0.3) is 5.82 Å². The van der Waals surface area contributed by atoms with Gasteiger partial charge in [-0.05, 0) is 86.2 Å². The highest BCUT2D eigenvalue weighted by Gasteiger charge is 2.42. The Balaban J connectivity index is 1.62. The summed E-state index contributed by atoms with van der Waals surface area (Å²) in [5.74, 6) is 0.851. The molecule has 10 heteroatoms. The number of thiocarbonyl (C=S) groups is 1. The summed E-state index contributed by atoms with van der Waals surface area (Å²) < 4.78 is 28.0. The summed E-state index contributed by atoms with van der Waals surface area (Å²) in [6.07, 6.45) is 4.70. The van der Waals surface area contributed by atoms with Crippen LogP contribution in [-0.2, 0) is 10.0 Å². The zero-order valence-electron chi connectivity index (χ0n) is 20.1. The van der Waals surface area contributed by atoms with Crippen LogP contribution in [0.3, 0.4) is 0 Å². The van der Waals surface area contributed by atoms with Crippen LogP contribution in [0.2, 0.25) is 0 Å². The minimum absolute atomic E-state index is 0.190. The fourth-order valence-corrected chi connectivity index (χ4v) is 5.69. The smallest absolute Gasteiger partial charge is 0.229 e. The molecule has 2 N–H and O–H groups in total. The van der Waals surface area contributed by atoms with Gasteiger partial charge in [-0.2, -0.15) is 0 Å². The Morgan fingerprint density at radius 1 is 0.972 bits per heavy atom. The zero-order valence-corrected chi connectivity index (χ0v) is 21.7. The Morgan fingerprint density at radius 2 is 1.67 bits per heavy atom. The zero-order chi connectivity index (χ0) is 25.4. The van der Waals surface area contributed by atoms with Crippen LogP contribution in [0.15, 0.2) is 79.1 Å². The van der Waals surface area contributed by atoms with Gasteiger partial charge in [-0.1, -0.05) is 12.1 Å². The van der Waals surface area contributed by atoms with E-state index in [9.17, 15) is 8.42 Å². The van der Waals surface area contributed by atoms with Crippen molar-refractivity contribution in [1.29, 1.82) is 0 Å². The first kappa shape index (κ1) is 24.0. The number of anilines is 2. The van der Waals surface area contributed by atoms with Gasteiger partial charge in [0, 0.05) is 35.2 Å². The number of benzene rings is 1. The summed E-state index contributed by atoms with van der Waals surface area (Å²) in [5.41, 5.74) is 5.43. The standard InChI is InChI=1S/C26H26N6O2S2/c1-17-16-21(18(2)31(17)23-9-5-7-15-28-23)25-24(22-8-4-6-14-27-22)29-26(35)32(25)20-12-10-19(11-13-20)30-36(3,33)34/h4-16,24-25,30H,1-3H3,(H,29,35). The van der Waals surface area contributed by atoms with E-state index in [4.69, 9.17) is 12.2 Å². The summed E-state index contributed by atoms with van der Waals surface area (Å²) >= 11 is 5.83. The van der Waals surface area contributed by atoms with Gasteiger partial charge in [-0.15, -0.1) is 0 Å². The molecule has 1 fully saturated rings. The van der Waals surface area contributed by atoms with Crippen molar-refractivity contribution in [3.63, 3.8) is 0 Å². The Labute approximate surface area is 216 Å². The molecule has 2 atom stereocenters. The van der Waals surface area contributed by atoms with Gasteiger partial charge in [-0.3, -0.25) is 9.71 Å². The third kappa shape index (κ3) is 4.57. The third-order valence-corrected chi connectivity index (χ3v) is 7.14. The summed E-state index contributed by atoms with van der Waals surface area (Å²) in [6, 6.07) is 20.7. The van der Waals surface area contributed by atoms with Gasteiger partial charge < -0.3 is 14.8 Å². The van der Waals surface area contributed by atoms with E-state index in [1.165, 1.54) is 0 Å². The SMILES string of the molecule is Cc1cc(C2C(c3ccccn3)NC(=S)N2c2ccc(NS(C)(=O)=O)cc2)c(C)n1-c1ccccn1. The van der Waals surface area contributed by atoms with Crippen molar-refractivity contribution in [2.24, 2.45) is 0 Å². The highest BCUT2D eigenvalue weighted by atomic mass is 32.2. The van der Waals surface area contributed by atoms with Crippen LogP contribution in [0.1, 0.15) is 34.7 Å². The van der Waals surface area contributed by atoms with Gasteiger partial charge in [-0.25, -0.2) is 13.4 Å². The van der Waals surface area contributed by atoms with E-state index in [1.54, 1.807) is 24.5 Å². The highest BCUT2D eigenvalue weighted by Crippen LogP contribution is 2.43. The number of nitrogens with one attached hydrogen (secondary N) is 2. The van der Waals surface area contributed by atoms with Crippen molar-refractivity contribution in [2.75, 3.05) is 15.9 Å². The number of rotatable bonds is 6. The van der Waals surface area contributed by atoms with E-state index in [-0.39, 0.29) is 12.1 Å². The molecule has 0 amide bonds. The van der Waals surface area contributed by atoms with E-state index in [0.717, 1.165) is 40.4 Å². The molecule has 8 nitrogen and oxygen atoms in total. The van der Waals surface area contributed by atoms with Crippen LogP contribution in [-0.4, -0.2) is 34.3 Å². The monoisotopic (exact) mass is 518 g/mol. The van der Waals surface area contributed by atoms with Gasteiger partial charge in [0.25, 0.3) is 0 Å². The van der Waals surface area contributed by atoms with Crippen LogP contribution >= 0.6 is 12.2 Å². The lowest BCUT2D eigenvalue weighted by Gasteiger charge is -2.28. The van der Waals surface area contributed by atoms with Gasteiger partial charge in [0.2, 0.25) is 10.0 Å². The molecule has 36 heavy (non-hydrogen) atoms. The van der Waals surface area contributed by atoms with E-state index in [1.807, 2.05) is 48.5 Å². The van der Waals surface area contributed by atoms with Gasteiger partial charge in [0.1, 0.15) is 5.82 Å². The maximum absolute atomic E-state index is 11.7. The molecule has 0 aliphatic carbocycles. The van der Waals surface area contributed by atoms with Crippen molar-refractivity contribution < 1.29 is 8.42 Å². The maximum atomic E-state index is 11.7. The van der Waals surface area contributed by atoms with E-state index in [2.05, 4.69) is 49.4 Å². The quantitative estimate of drug-likeness (QED) is 0.365. The predicted octanol–water partition coefficient (Wildman–Crippen LogP) is 4.43. The van der Waals surface area contributed by atoms with Gasteiger partial charge in [0.15, 0.2) is 5.11 Å². The Hall–Kier alpha value is -3.76. The number of pyridine rings is 2. The molecule has 0 radical (unpaired) electrons. The number of hydrogen-bond donors (Lipinski definition) is 2. The lowest BCUT2D eigenvalue weighted by atomic mass is 9.96. The van der Waals surface area contributed by atoms with E-state index < -0.39 is 10.0 Å². The maximum Gasteiger partial charge on any atom is 0.229 e. The van der Waals surface area contributed by atoms with Crippen molar-refractivity contribution in [3.05, 3.63) is 102 Å². The molecular weight excluding hydrogens is 492 g/mol. The summed E-state index contributed by atoms with van der Waals surface area (Å²) in [5, 5.41) is 4.05. The van der Waals surface area contributed by atoms with Crippen LogP contribution < -0.4 is 14.9 Å². The summed E-state index contributed by atoms with van der Waals surface area (Å²) in [4.78, 5) is 11.3. The molecule has 1 saturated heterocycles. The minimum Gasteiger partial charge on any atom is -0.351 e. The second kappa shape index (κ2) is 9.36. The second-order valence-electron chi connectivity index (χ2n) is 8.77. The summed E-state index contributed by atoms with van der Waals surface area (Å²) in [7, 11) is -3.37. The lowest BCUT2D eigenvalue weighted by Crippen LogP contribution is -2.29. The molecule has 2 unspecified atom stereocenters. The molecule has 4 heterocycles. The first-order valence-corrected chi connectivity index (χ1v) is 13.7. The molecule has 1 aliphatic heterocycles. The average molecular weight is 519 g/mol. The number of sulfonamides is 1. The normalized spacial score (nSPS) is 17.8. The number of hydrogen-bond acceptors (Lipinski definition) is 5. The third-order valence-electron chi connectivity index (χ3n) is 6.21. The number of aromatic nitrogens is 3. The Kier molecular flexibility index (Phi) is 6.23. The Bertz CT molecular complexity index is 1500. The molecule has 5 rings (SSSR count). The van der Waals surface area contributed by atoms with Crippen molar-refractivity contribution in [3.8, 4) is 5.82 Å². The molecular formula is C26H26N6O2S2. The molecule has 184 valence electrons. The first-order chi connectivity index (χ1) is 17.2. The molecule has 0 spiro atoms. The molecule has 4 aromatic rings. The Morgan fingerprint density at radius 3 is 2.28 bits per heavy atom. The fourth-order valence-electron chi connectivity index (χ4n) is 4.78. The van der Waals surface area contributed by atoms with Gasteiger partial charge in [0.05, 0.1) is 24.0 Å². The van der Waals surface area contributed by atoms with E-state index in [0.29, 0.717) is 10.8 Å². The minimum atomic E-state index is -3.37. The van der Waals surface area contributed by atoms with Crippen LogP contribution in [0.5, 0.6) is 0 Å². The largest absolute Gasteiger partial charge is 0.351 e. The van der Waals surface area contributed by atoms with Crippen LogP contribution in [0.4, 0.5) is 11.4 Å². The molecule has 0 bridgehead atoms. The second-order valence-corrected chi connectivity index (χ2v) is 10.9. The fraction of sp³-hybridized carbons (Fsp3) is 0.192. The molecule has 0 saturated carbocycles. The van der Waals surface area contributed by atoms with Crippen LogP contribution in [0, 0.1) is 13.8 Å². The number of nitrogens with zero attached hydrogens (tertiary/aromatic N) is 4. The predicted molar refractivity (Wildman–Crippen MR) is 146 cm³/mol. The lowest BCUT2D eigenvalue weighted by molar-refractivity contribution is 0.565. The summed E-state index contributed by atoms with van der Waals surface area (Å²) in [6.45, 7) is 4.16. The highest BCUT2D eigenvalue weighted by molar-refractivity contribution is 7.92. The van der Waals surface area contributed by atoms with Crippen molar-refractivity contribution in [2.45, 2.75) is 25.9 Å².